The molecular formula is C14H18N4S. The van der Waals surface area contributed by atoms with Crippen LogP contribution in [0.25, 0.3) is 11.3 Å². The van der Waals surface area contributed by atoms with E-state index in [0.29, 0.717) is 0 Å². The SMILES string of the molecule is Cc1nc(-c2cnc(N3CCCC(C)C3)nc2)cs1. The molecule has 1 atom stereocenters. The lowest BCUT2D eigenvalue weighted by molar-refractivity contribution is 0.442. The molecule has 0 aromatic carbocycles. The molecule has 3 rings (SSSR count). The lowest BCUT2D eigenvalue weighted by atomic mass is 10.0. The summed E-state index contributed by atoms with van der Waals surface area (Å²) in [5, 5.41) is 3.13. The third-order valence-electron chi connectivity index (χ3n) is 3.49. The van der Waals surface area contributed by atoms with Crippen molar-refractivity contribution in [2.45, 2.75) is 26.7 Å². The Morgan fingerprint density at radius 3 is 2.74 bits per heavy atom. The van der Waals surface area contributed by atoms with Crippen molar-refractivity contribution in [3.05, 3.63) is 22.8 Å². The van der Waals surface area contributed by atoms with Gasteiger partial charge < -0.3 is 4.90 Å². The molecule has 3 heterocycles. The van der Waals surface area contributed by atoms with Gasteiger partial charge >= 0.3 is 0 Å². The summed E-state index contributed by atoms with van der Waals surface area (Å²) in [6.45, 7) is 6.44. The third-order valence-corrected chi connectivity index (χ3v) is 4.27. The summed E-state index contributed by atoms with van der Waals surface area (Å²) in [6.07, 6.45) is 6.32. The normalized spacial score (nSPS) is 19.7. The number of piperidine rings is 1. The molecule has 0 radical (unpaired) electrons. The number of aromatic nitrogens is 3. The second-order valence-electron chi connectivity index (χ2n) is 5.22. The van der Waals surface area contributed by atoms with Crippen LogP contribution < -0.4 is 4.90 Å². The van der Waals surface area contributed by atoms with Gasteiger partial charge in [0.15, 0.2) is 0 Å². The number of thiazole rings is 1. The minimum atomic E-state index is 0.734. The summed E-state index contributed by atoms with van der Waals surface area (Å²) in [5.41, 5.74) is 1.97. The van der Waals surface area contributed by atoms with Crippen LogP contribution in [-0.2, 0) is 0 Å². The third kappa shape index (κ3) is 2.76. The first-order valence-electron chi connectivity index (χ1n) is 6.72. The van der Waals surface area contributed by atoms with Gasteiger partial charge in [0.2, 0.25) is 5.95 Å². The topological polar surface area (TPSA) is 41.9 Å². The van der Waals surface area contributed by atoms with Crippen LogP contribution in [0.2, 0.25) is 0 Å². The van der Waals surface area contributed by atoms with Gasteiger partial charge in [-0.25, -0.2) is 15.0 Å². The maximum Gasteiger partial charge on any atom is 0.225 e. The lowest BCUT2D eigenvalue weighted by Gasteiger charge is -2.30. The minimum Gasteiger partial charge on any atom is -0.341 e. The van der Waals surface area contributed by atoms with E-state index in [2.05, 4.69) is 32.2 Å². The molecule has 2 aromatic heterocycles. The maximum absolute atomic E-state index is 4.50. The lowest BCUT2D eigenvalue weighted by Crippen LogP contribution is -2.35. The number of anilines is 1. The van der Waals surface area contributed by atoms with Crippen LogP contribution in [0, 0.1) is 12.8 Å². The van der Waals surface area contributed by atoms with E-state index in [1.165, 1.54) is 12.8 Å². The molecule has 0 saturated carbocycles. The zero-order valence-electron chi connectivity index (χ0n) is 11.3. The smallest absolute Gasteiger partial charge is 0.225 e. The summed E-state index contributed by atoms with van der Waals surface area (Å²) < 4.78 is 0. The zero-order valence-corrected chi connectivity index (χ0v) is 12.2. The Hall–Kier alpha value is -1.49. The highest BCUT2D eigenvalue weighted by atomic mass is 32.1. The number of hydrogen-bond acceptors (Lipinski definition) is 5. The minimum absolute atomic E-state index is 0.734. The number of rotatable bonds is 2. The van der Waals surface area contributed by atoms with E-state index in [-0.39, 0.29) is 0 Å². The number of aryl methyl sites for hydroxylation is 1. The summed E-state index contributed by atoms with van der Waals surface area (Å²) in [5.74, 6) is 1.58. The second-order valence-corrected chi connectivity index (χ2v) is 6.28. The van der Waals surface area contributed by atoms with E-state index in [4.69, 9.17) is 0 Å². The Kier molecular flexibility index (Phi) is 3.46. The zero-order chi connectivity index (χ0) is 13.2. The van der Waals surface area contributed by atoms with Crippen LogP contribution >= 0.6 is 11.3 Å². The summed E-state index contributed by atoms with van der Waals surface area (Å²) >= 11 is 1.65. The predicted octanol–water partition coefficient (Wildman–Crippen LogP) is 3.14. The molecule has 1 saturated heterocycles. The molecule has 0 amide bonds. The second kappa shape index (κ2) is 5.25. The fourth-order valence-corrected chi connectivity index (χ4v) is 3.11. The summed E-state index contributed by atoms with van der Waals surface area (Å²) in [4.78, 5) is 15.7. The first kappa shape index (κ1) is 12.5. The number of hydrogen-bond donors (Lipinski definition) is 0. The van der Waals surface area contributed by atoms with Gasteiger partial charge in [0.25, 0.3) is 0 Å². The van der Waals surface area contributed by atoms with E-state index in [9.17, 15) is 0 Å². The fraction of sp³-hybridized carbons (Fsp3) is 0.500. The Morgan fingerprint density at radius 2 is 2.11 bits per heavy atom. The van der Waals surface area contributed by atoms with Crippen LogP contribution in [0.3, 0.4) is 0 Å². The van der Waals surface area contributed by atoms with Gasteiger partial charge in [-0.3, -0.25) is 0 Å². The van der Waals surface area contributed by atoms with Crippen LogP contribution in [0.4, 0.5) is 5.95 Å². The van der Waals surface area contributed by atoms with Gasteiger partial charge in [-0.1, -0.05) is 6.92 Å². The van der Waals surface area contributed by atoms with Crippen molar-refractivity contribution in [1.29, 1.82) is 0 Å². The van der Waals surface area contributed by atoms with Gasteiger partial charge in [0.1, 0.15) is 0 Å². The van der Waals surface area contributed by atoms with Gasteiger partial charge in [-0.15, -0.1) is 11.3 Å². The molecule has 0 spiro atoms. The van der Waals surface area contributed by atoms with E-state index in [1.54, 1.807) is 11.3 Å². The quantitative estimate of drug-likeness (QED) is 0.843. The molecule has 1 fully saturated rings. The maximum atomic E-state index is 4.50. The van der Waals surface area contributed by atoms with Crippen LogP contribution in [0.5, 0.6) is 0 Å². The van der Waals surface area contributed by atoms with Crippen LogP contribution in [0.1, 0.15) is 24.8 Å². The van der Waals surface area contributed by atoms with Crippen molar-refractivity contribution in [3.8, 4) is 11.3 Å². The average molecular weight is 274 g/mol. The largest absolute Gasteiger partial charge is 0.341 e. The Morgan fingerprint density at radius 1 is 1.32 bits per heavy atom. The van der Waals surface area contributed by atoms with Crippen molar-refractivity contribution in [1.82, 2.24) is 15.0 Å². The van der Waals surface area contributed by atoms with Crippen molar-refractivity contribution in [2.75, 3.05) is 18.0 Å². The molecule has 19 heavy (non-hydrogen) atoms. The molecule has 4 nitrogen and oxygen atoms in total. The van der Waals surface area contributed by atoms with E-state index in [1.807, 2.05) is 19.3 Å². The number of nitrogens with zero attached hydrogens (tertiary/aromatic N) is 4. The molecule has 1 unspecified atom stereocenters. The van der Waals surface area contributed by atoms with E-state index < -0.39 is 0 Å². The first-order chi connectivity index (χ1) is 9.22. The highest BCUT2D eigenvalue weighted by Crippen LogP contribution is 2.23. The molecule has 2 aromatic rings. The highest BCUT2D eigenvalue weighted by molar-refractivity contribution is 7.09. The van der Waals surface area contributed by atoms with Gasteiger partial charge in [-0.05, 0) is 25.7 Å². The van der Waals surface area contributed by atoms with E-state index in [0.717, 1.165) is 41.2 Å². The highest BCUT2D eigenvalue weighted by Gasteiger charge is 2.18. The molecule has 0 aliphatic carbocycles. The van der Waals surface area contributed by atoms with Crippen molar-refractivity contribution in [3.63, 3.8) is 0 Å². The average Bonchev–Trinajstić information content (AvgIpc) is 2.86. The molecule has 1 aliphatic heterocycles. The molecular weight excluding hydrogens is 256 g/mol. The molecule has 0 N–H and O–H groups in total. The molecule has 100 valence electrons. The van der Waals surface area contributed by atoms with Gasteiger partial charge in [0, 0.05) is 36.4 Å². The molecule has 1 aliphatic rings. The van der Waals surface area contributed by atoms with Crippen LogP contribution in [-0.4, -0.2) is 28.0 Å². The predicted molar refractivity (Wildman–Crippen MR) is 78.5 cm³/mol. The van der Waals surface area contributed by atoms with Gasteiger partial charge in [0.05, 0.1) is 10.7 Å². The van der Waals surface area contributed by atoms with Crippen molar-refractivity contribution in [2.24, 2.45) is 5.92 Å². The summed E-state index contributed by atoms with van der Waals surface area (Å²) in [7, 11) is 0. The monoisotopic (exact) mass is 274 g/mol. The van der Waals surface area contributed by atoms with Crippen molar-refractivity contribution >= 4 is 17.3 Å². The van der Waals surface area contributed by atoms with E-state index >= 15 is 0 Å². The Balaban J connectivity index is 1.78. The van der Waals surface area contributed by atoms with Crippen LogP contribution in [0.15, 0.2) is 17.8 Å². The van der Waals surface area contributed by atoms with Crippen molar-refractivity contribution < 1.29 is 0 Å². The Bertz CT molecular complexity index is 549. The standard InChI is InChI=1S/C14H18N4S/c1-10-4-3-5-18(8-10)14-15-6-12(7-16-14)13-9-19-11(2)17-13/h6-7,9-10H,3-5,8H2,1-2H3. The fourth-order valence-electron chi connectivity index (χ4n) is 2.48. The summed E-state index contributed by atoms with van der Waals surface area (Å²) in [6, 6.07) is 0. The molecule has 5 heteroatoms. The Labute approximate surface area is 117 Å². The first-order valence-corrected chi connectivity index (χ1v) is 7.60. The van der Waals surface area contributed by atoms with Gasteiger partial charge in [-0.2, -0.15) is 0 Å². The molecule has 0 bridgehead atoms.